The Kier molecular flexibility index (Phi) is 6.65. The fourth-order valence-electron chi connectivity index (χ4n) is 4.89. The molecule has 0 atom stereocenters. The quantitative estimate of drug-likeness (QED) is 0.388. The smallest absolute Gasteiger partial charge is 0.141 e. The first-order valence-corrected chi connectivity index (χ1v) is 12.0. The van der Waals surface area contributed by atoms with Crippen LogP contribution in [0.3, 0.4) is 0 Å². The molecule has 7 nitrogen and oxygen atoms in total. The Bertz CT molecular complexity index is 1250. The summed E-state index contributed by atoms with van der Waals surface area (Å²) in [5, 5.41) is 4.13. The summed E-state index contributed by atoms with van der Waals surface area (Å²) in [6.07, 6.45) is 1.72. The topological polar surface area (TPSA) is 65.6 Å². The first kappa shape index (κ1) is 22.6. The van der Waals surface area contributed by atoms with Crippen LogP contribution in [0.25, 0.3) is 22.2 Å². The van der Waals surface area contributed by atoms with Gasteiger partial charge in [0.05, 0.1) is 37.1 Å². The van der Waals surface area contributed by atoms with Crippen LogP contribution in [0, 0.1) is 13.8 Å². The fourth-order valence-corrected chi connectivity index (χ4v) is 4.89. The van der Waals surface area contributed by atoms with Gasteiger partial charge in [-0.1, -0.05) is 29.4 Å². The molecule has 0 aliphatic carbocycles. The molecule has 178 valence electrons. The molecule has 2 aromatic carbocycles. The Morgan fingerprint density at radius 2 is 1.82 bits per heavy atom. The van der Waals surface area contributed by atoms with Crippen molar-refractivity contribution in [3.05, 3.63) is 65.3 Å². The van der Waals surface area contributed by atoms with Gasteiger partial charge < -0.3 is 18.6 Å². The summed E-state index contributed by atoms with van der Waals surface area (Å²) >= 11 is 0. The molecule has 7 heteroatoms. The first-order chi connectivity index (χ1) is 16.6. The highest BCUT2D eigenvalue weighted by Gasteiger charge is 2.17. The summed E-state index contributed by atoms with van der Waals surface area (Å²) in [5.74, 6) is 2.87. The van der Waals surface area contributed by atoms with Crippen molar-refractivity contribution < 1.29 is 14.0 Å². The van der Waals surface area contributed by atoms with E-state index < -0.39 is 0 Å². The molecule has 0 bridgehead atoms. The van der Waals surface area contributed by atoms with Crippen LogP contribution >= 0.6 is 0 Å². The first-order valence-electron chi connectivity index (χ1n) is 12.0. The van der Waals surface area contributed by atoms with E-state index in [1.807, 2.05) is 26.0 Å². The zero-order valence-corrected chi connectivity index (χ0v) is 20.2. The van der Waals surface area contributed by atoms with E-state index in [4.69, 9.17) is 19.0 Å². The van der Waals surface area contributed by atoms with Gasteiger partial charge in [-0.3, -0.25) is 4.90 Å². The van der Waals surface area contributed by atoms with Crippen molar-refractivity contribution in [2.75, 3.05) is 40.0 Å². The fraction of sp³-hybridized carbons (Fsp3) is 0.407. The molecule has 3 heterocycles. The molecule has 0 unspecified atom stereocenters. The van der Waals surface area contributed by atoms with Crippen LogP contribution in [-0.4, -0.2) is 59.6 Å². The number of morpholine rings is 1. The number of ether oxygens (including phenoxy) is 2. The van der Waals surface area contributed by atoms with Gasteiger partial charge in [0.1, 0.15) is 17.3 Å². The maximum atomic E-state index is 5.57. The Labute approximate surface area is 200 Å². The van der Waals surface area contributed by atoms with E-state index >= 15 is 0 Å². The highest BCUT2D eigenvalue weighted by molar-refractivity contribution is 5.83. The SMILES string of the molecule is COc1ccccc1CCc1nc2cc(-c3c(C)noc3C)ccc2n1CCN1CCOCC1. The van der Waals surface area contributed by atoms with E-state index in [1.165, 1.54) is 11.1 Å². The molecule has 1 saturated heterocycles. The average molecular weight is 461 g/mol. The van der Waals surface area contributed by atoms with Gasteiger partial charge in [-0.25, -0.2) is 4.98 Å². The van der Waals surface area contributed by atoms with Gasteiger partial charge in [0, 0.05) is 38.2 Å². The number of imidazole rings is 1. The van der Waals surface area contributed by atoms with E-state index in [9.17, 15) is 0 Å². The van der Waals surface area contributed by atoms with Gasteiger partial charge in [0.15, 0.2) is 0 Å². The minimum atomic E-state index is 0.812. The Balaban J connectivity index is 1.47. The standard InChI is InChI=1S/C27H32N4O3/c1-19-27(20(2)34-29-19)22-8-10-24-23(18-22)28-26(11-9-21-6-4-5-7-25(21)32-3)31(24)13-12-30-14-16-33-17-15-30/h4-8,10,18H,9,11-17H2,1-3H3. The monoisotopic (exact) mass is 460 g/mol. The van der Waals surface area contributed by atoms with Crippen molar-refractivity contribution in [1.82, 2.24) is 19.6 Å². The average Bonchev–Trinajstić information content (AvgIpc) is 3.39. The molecule has 0 saturated carbocycles. The van der Waals surface area contributed by atoms with E-state index in [-0.39, 0.29) is 0 Å². The number of para-hydroxylation sites is 1. The number of rotatable bonds is 8. The zero-order valence-electron chi connectivity index (χ0n) is 20.2. The van der Waals surface area contributed by atoms with Crippen LogP contribution in [0.15, 0.2) is 47.0 Å². The van der Waals surface area contributed by atoms with Crippen LogP contribution in [0.2, 0.25) is 0 Å². The lowest BCUT2D eigenvalue weighted by Gasteiger charge is -2.27. The van der Waals surface area contributed by atoms with E-state index in [1.54, 1.807) is 7.11 Å². The summed E-state index contributed by atoms with van der Waals surface area (Å²) in [7, 11) is 1.73. The van der Waals surface area contributed by atoms with Crippen LogP contribution in [0.5, 0.6) is 5.75 Å². The second-order valence-electron chi connectivity index (χ2n) is 8.85. The molecule has 1 aliphatic heterocycles. The Hall–Kier alpha value is -3.16. The Morgan fingerprint density at radius 3 is 2.59 bits per heavy atom. The third-order valence-electron chi connectivity index (χ3n) is 6.70. The van der Waals surface area contributed by atoms with E-state index in [0.717, 1.165) is 91.9 Å². The number of aryl methyl sites for hydroxylation is 4. The number of nitrogens with zero attached hydrogens (tertiary/aromatic N) is 4. The predicted molar refractivity (Wildman–Crippen MR) is 132 cm³/mol. The van der Waals surface area contributed by atoms with Crippen LogP contribution in [0.4, 0.5) is 0 Å². The molecule has 5 rings (SSSR count). The summed E-state index contributed by atoms with van der Waals surface area (Å²) in [4.78, 5) is 7.57. The number of methoxy groups -OCH3 is 1. The van der Waals surface area contributed by atoms with Gasteiger partial charge in [-0.15, -0.1) is 0 Å². The molecule has 2 aromatic heterocycles. The number of fused-ring (bicyclic) bond motifs is 1. The van der Waals surface area contributed by atoms with E-state index in [2.05, 4.69) is 45.0 Å². The van der Waals surface area contributed by atoms with Crippen molar-refractivity contribution in [2.45, 2.75) is 33.2 Å². The molecule has 1 aliphatic rings. The minimum Gasteiger partial charge on any atom is -0.496 e. The van der Waals surface area contributed by atoms with Gasteiger partial charge in [-0.2, -0.15) is 0 Å². The summed E-state index contributed by atoms with van der Waals surface area (Å²) in [6, 6.07) is 14.7. The zero-order chi connectivity index (χ0) is 23.5. The third kappa shape index (κ3) is 4.58. The number of aromatic nitrogens is 3. The van der Waals surface area contributed by atoms with Gasteiger partial charge in [-0.05, 0) is 49.6 Å². The lowest BCUT2D eigenvalue weighted by Crippen LogP contribution is -2.38. The molecule has 0 N–H and O–H groups in total. The molecular formula is C27H32N4O3. The van der Waals surface area contributed by atoms with Gasteiger partial charge in [0.2, 0.25) is 0 Å². The molecule has 4 aromatic rings. The van der Waals surface area contributed by atoms with Crippen molar-refractivity contribution in [1.29, 1.82) is 0 Å². The highest BCUT2D eigenvalue weighted by atomic mass is 16.5. The minimum absolute atomic E-state index is 0.812. The molecule has 0 radical (unpaired) electrons. The molecule has 0 amide bonds. The predicted octanol–water partition coefficient (Wildman–Crippen LogP) is 4.43. The maximum Gasteiger partial charge on any atom is 0.141 e. The largest absolute Gasteiger partial charge is 0.496 e. The maximum absolute atomic E-state index is 5.57. The number of hydrogen-bond acceptors (Lipinski definition) is 6. The normalized spacial score (nSPS) is 14.7. The summed E-state index contributed by atoms with van der Waals surface area (Å²) < 4.78 is 18.9. The summed E-state index contributed by atoms with van der Waals surface area (Å²) in [6.45, 7) is 9.43. The highest BCUT2D eigenvalue weighted by Crippen LogP contribution is 2.30. The summed E-state index contributed by atoms with van der Waals surface area (Å²) in [5.41, 5.74) is 6.43. The van der Waals surface area contributed by atoms with Gasteiger partial charge >= 0.3 is 0 Å². The van der Waals surface area contributed by atoms with Crippen molar-refractivity contribution >= 4 is 11.0 Å². The van der Waals surface area contributed by atoms with Crippen molar-refractivity contribution in [3.8, 4) is 16.9 Å². The lowest BCUT2D eigenvalue weighted by molar-refractivity contribution is 0.0364. The Morgan fingerprint density at radius 1 is 1.00 bits per heavy atom. The van der Waals surface area contributed by atoms with Gasteiger partial charge in [0.25, 0.3) is 0 Å². The third-order valence-corrected chi connectivity index (χ3v) is 6.70. The molecule has 34 heavy (non-hydrogen) atoms. The lowest BCUT2D eigenvalue weighted by atomic mass is 10.0. The van der Waals surface area contributed by atoms with Crippen LogP contribution in [-0.2, 0) is 24.1 Å². The van der Waals surface area contributed by atoms with Crippen LogP contribution < -0.4 is 4.74 Å². The van der Waals surface area contributed by atoms with E-state index in [0.29, 0.717) is 0 Å². The second-order valence-corrected chi connectivity index (χ2v) is 8.85. The second kappa shape index (κ2) is 9.99. The molecular weight excluding hydrogens is 428 g/mol. The van der Waals surface area contributed by atoms with Crippen molar-refractivity contribution in [3.63, 3.8) is 0 Å². The van der Waals surface area contributed by atoms with Crippen molar-refractivity contribution in [2.24, 2.45) is 0 Å². The molecule has 0 spiro atoms. The number of benzene rings is 2. The van der Waals surface area contributed by atoms with Crippen LogP contribution in [0.1, 0.15) is 22.8 Å². The number of hydrogen-bond donors (Lipinski definition) is 0. The molecule has 1 fully saturated rings.